The van der Waals surface area contributed by atoms with Crippen LogP contribution in [-0.4, -0.2) is 23.0 Å². The van der Waals surface area contributed by atoms with Gasteiger partial charge in [-0.05, 0) is 12.1 Å². The smallest absolute Gasteiger partial charge is 0.280 e. The Bertz CT molecular complexity index is 496. The first-order valence-electron chi connectivity index (χ1n) is 4.48. The maximum absolute atomic E-state index is 10.8. The van der Waals surface area contributed by atoms with Gasteiger partial charge in [0.25, 0.3) is 5.69 Å². The summed E-state index contributed by atoms with van der Waals surface area (Å²) in [4.78, 5) is 20.7. The van der Waals surface area contributed by atoms with Gasteiger partial charge >= 0.3 is 0 Å². The topological polar surface area (TPSA) is 116 Å². The molecule has 0 heterocycles. The Hall–Kier alpha value is -2.57. The Balaban J connectivity index is 3.32. The van der Waals surface area contributed by atoms with E-state index in [4.69, 9.17) is 10.5 Å². The largest absolute Gasteiger partial charge is 0.504 e. The molecule has 0 saturated heterocycles. The summed E-state index contributed by atoms with van der Waals surface area (Å²) < 4.78 is 4.75. The van der Waals surface area contributed by atoms with E-state index < -0.39 is 10.8 Å². The van der Waals surface area contributed by atoms with E-state index in [1.54, 1.807) is 0 Å². The monoisotopic (exact) mass is 238 g/mol. The number of hydrogen-bond acceptors (Lipinski definition) is 5. The Kier molecular flexibility index (Phi) is 3.66. The van der Waals surface area contributed by atoms with Crippen molar-refractivity contribution in [3.8, 4) is 11.5 Å². The molecule has 0 atom stereocenters. The number of amides is 1. The van der Waals surface area contributed by atoms with E-state index in [0.717, 1.165) is 24.3 Å². The molecule has 7 nitrogen and oxygen atoms in total. The molecule has 0 aliphatic rings. The summed E-state index contributed by atoms with van der Waals surface area (Å²) in [7, 11) is 1.28. The molecule has 1 aromatic carbocycles. The minimum absolute atomic E-state index is 0.0204. The molecule has 0 saturated carbocycles. The number of nitro groups is 1. The predicted octanol–water partition coefficient (Wildman–Crippen LogP) is 0.807. The van der Waals surface area contributed by atoms with Gasteiger partial charge in [-0.15, -0.1) is 0 Å². The second-order valence-corrected chi connectivity index (χ2v) is 3.08. The summed E-state index contributed by atoms with van der Waals surface area (Å²) in [5.74, 6) is -1.02. The molecule has 0 aliphatic heterocycles. The number of phenolic OH excluding ortho intramolecular Hbond substituents is 1. The maximum Gasteiger partial charge on any atom is 0.280 e. The highest BCUT2D eigenvalue weighted by molar-refractivity contribution is 5.91. The van der Waals surface area contributed by atoms with Crippen LogP contribution in [0.15, 0.2) is 18.2 Å². The van der Waals surface area contributed by atoms with Gasteiger partial charge in [-0.2, -0.15) is 0 Å². The lowest BCUT2D eigenvalue weighted by Gasteiger charge is -2.04. The minimum Gasteiger partial charge on any atom is -0.504 e. The Morgan fingerprint density at radius 3 is 2.71 bits per heavy atom. The quantitative estimate of drug-likeness (QED) is 0.457. The van der Waals surface area contributed by atoms with Crippen LogP contribution in [0.1, 0.15) is 5.56 Å². The third-order valence-corrected chi connectivity index (χ3v) is 1.95. The average Bonchev–Trinajstić information content (AvgIpc) is 2.25. The van der Waals surface area contributed by atoms with Crippen molar-refractivity contribution in [2.75, 3.05) is 7.11 Å². The highest BCUT2D eigenvalue weighted by Crippen LogP contribution is 2.34. The number of nitro benzene ring substituents is 1. The van der Waals surface area contributed by atoms with Crippen molar-refractivity contribution in [2.45, 2.75) is 0 Å². The first-order chi connectivity index (χ1) is 7.95. The lowest BCUT2D eigenvalue weighted by Crippen LogP contribution is -2.05. The number of carbonyl (C=O) groups excluding carboxylic acids is 1. The van der Waals surface area contributed by atoms with E-state index in [1.165, 1.54) is 7.11 Å². The molecule has 0 aromatic heterocycles. The summed E-state index contributed by atoms with van der Waals surface area (Å²) in [6, 6.07) is 2.19. The molecule has 0 radical (unpaired) electrons. The van der Waals surface area contributed by atoms with Gasteiger partial charge in [0.15, 0.2) is 11.5 Å². The van der Waals surface area contributed by atoms with Crippen LogP contribution >= 0.6 is 0 Å². The van der Waals surface area contributed by atoms with Crippen LogP contribution in [0.2, 0.25) is 0 Å². The summed E-state index contributed by atoms with van der Waals surface area (Å²) in [6.07, 6.45) is 2.12. The molecule has 0 fully saturated rings. The van der Waals surface area contributed by atoms with Crippen LogP contribution in [0.4, 0.5) is 5.69 Å². The van der Waals surface area contributed by atoms with Gasteiger partial charge in [-0.3, -0.25) is 14.9 Å². The van der Waals surface area contributed by atoms with E-state index in [2.05, 4.69) is 0 Å². The zero-order valence-electron chi connectivity index (χ0n) is 8.91. The molecule has 17 heavy (non-hydrogen) atoms. The van der Waals surface area contributed by atoms with Crippen LogP contribution < -0.4 is 10.5 Å². The predicted molar refractivity (Wildman–Crippen MR) is 59.5 cm³/mol. The Morgan fingerprint density at radius 1 is 1.59 bits per heavy atom. The number of nitrogens with two attached hydrogens (primary N) is 1. The van der Waals surface area contributed by atoms with Crippen molar-refractivity contribution < 1.29 is 19.6 Å². The molecular weight excluding hydrogens is 228 g/mol. The number of rotatable bonds is 4. The summed E-state index contributed by atoms with van der Waals surface area (Å²) in [6.45, 7) is 0. The number of hydrogen-bond donors (Lipinski definition) is 2. The number of carbonyl (C=O) groups is 1. The van der Waals surface area contributed by atoms with Gasteiger partial charge < -0.3 is 15.6 Å². The molecule has 7 heteroatoms. The zero-order valence-corrected chi connectivity index (χ0v) is 8.91. The number of benzene rings is 1. The fourth-order valence-corrected chi connectivity index (χ4v) is 1.20. The highest BCUT2D eigenvalue weighted by Gasteiger charge is 2.16. The third kappa shape index (κ3) is 2.94. The molecule has 0 aliphatic carbocycles. The summed E-state index contributed by atoms with van der Waals surface area (Å²) >= 11 is 0. The molecule has 0 unspecified atom stereocenters. The molecule has 1 amide bonds. The third-order valence-electron chi connectivity index (χ3n) is 1.95. The van der Waals surface area contributed by atoms with E-state index in [0.29, 0.717) is 0 Å². The van der Waals surface area contributed by atoms with Gasteiger partial charge in [0, 0.05) is 6.08 Å². The molecule has 1 rings (SSSR count). The van der Waals surface area contributed by atoms with E-state index >= 15 is 0 Å². The summed E-state index contributed by atoms with van der Waals surface area (Å²) in [5, 5.41) is 20.2. The first kappa shape index (κ1) is 12.5. The van der Waals surface area contributed by atoms with Crippen LogP contribution in [-0.2, 0) is 4.79 Å². The number of nitrogens with zero attached hydrogens (tertiary/aromatic N) is 1. The molecule has 90 valence electrons. The van der Waals surface area contributed by atoms with Crippen LogP contribution in [0.3, 0.4) is 0 Å². The summed E-state index contributed by atoms with van der Waals surface area (Å²) in [5.41, 5.74) is 4.65. The standard InChI is InChI=1S/C10H10N2O5/c1-17-9-5-7(12(15)16)6(4-8(9)13)2-3-10(11)14/h2-5,13H,1H3,(H2,11,14)/b3-2+. The molecule has 0 spiro atoms. The van der Waals surface area contributed by atoms with Gasteiger partial charge in [0.05, 0.1) is 23.7 Å². The van der Waals surface area contributed by atoms with Crippen molar-refractivity contribution in [3.05, 3.63) is 33.9 Å². The fraction of sp³-hybridized carbons (Fsp3) is 0.100. The SMILES string of the molecule is COc1cc([N+](=O)[O-])c(/C=C/C(N)=O)cc1O. The maximum atomic E-state index is 10.8. The van der Waals surface area contributed by atoms with Crippen molar-refractivity contribution in [3.63, 3.8) is 0 Å². The lowest BCUT2D eigenvalue weighted by atomic mass is 10.1. The Morgan fingerprint density at radius 2 is 2.24 bits per heavy atom. The normalized spacial score (nSPS) is 10.4. The van der Waals surface area contributed by atoms with Gasteiger partial charge in [0.2, 0.25) is 5.91 Å². The van der Waals surface area contributed by atoms with Crippen LogP contribution in [0.5, 0.6) is 11.5 Å². The van der Waals surface area contributed by atoms with Crippen molar-refractivity contribution in [1.29, 1.82) is 0 Å². The lowest BCUT2D eigenvalue weighted by molar-refractivity contribution is -0.385. The van der Waals surface area contributed by atoms with E-state index in [-0.39, 0.29) is 22.7 Å². The molecular formula is C10H10N2O5. The molecule has 3 N–H and O–H groups in total. The fourth-order valence-electron chi connectivity index (χ4n) is 1.20. The number of primary amides is 1. The Labute approximate surface area is 96.3 Å². The molecule has 0 bridgehead atoms. The highest BCUT2D eigenvalue weighted by atomic mass is 16.6. The first-order valence-corrected chi connectivity index (χ1v) is 4.48. The van der Waals surface area contributed by atoms with Gasteiger partial charge in [-0.1, -0.05) is 0 Å². The van der Waals surface area contributed by atoms with Gasteiger partial charge in [-0.25, -0.2) is 0 Å². The van der Waals surface area contributed by atoms with Crippen LogP contribution in [0.25, 0.3) is 6.08 Å². The number of ether oxygens (including phenoxy) is 1. The second kappa shape index (κ2) is 4.97. The van der Waals surface area contributed by atoms with E-state index in [9.17, 15) is 20.0 Å². The molecule has 1 aromatic rings. The van der Waals surface area contributed by atoms with Gasteiger partial charge in [0.1, 0.15) is 0 Å². The minimum atomic E-state index is -0.741. The van der Waals surface area contributed by atoms with Crippen molar-refractivity contribution >= 4 is 17.7 Å². The van der Waals surface area contributed by atoms with Crippen molar-refractivity contribution in [1.82, 2.24) is 0 Å². The van der Waals surface area contributed by atoms with E-state index in [1.807, 2.05) is 0 Å². The number of aromatic hydroxyl groups is 1. The van der Waals surface area contributed by atoms with Crippen LogP contribution in [0, 0.1) is 10.1 Å². The average molecular weight is 238 g/mol. The number of methoxy groups -OCH3 is 1. The number of phenols is 1. The van der Waals surface area contributed by atoms with Crippen molar-refractivity contribution in [2.24, 2.45) is 5.73 Å². The zero-order chi connectivity index (χ0) is 13.0. The second-order valence-electron chi connectivity index (χ2n) is 3.08.